The summed E-state index contributed by atoms with van der Waals surface area (Å²) in [6.45, 7) is 1.53. The number of amides is 1. The second-order valence-corrected chi connectivity index (χ2v) is 6.78. The molecule has 4 nitrogen and oxygen atoms in total. The highest BCUT2D eigenvalue weighted by atomic mass is 32.2. The van der Waals surface area contributed by atoms with Crippen molar-refractivity contribution in [1.82, 2.24) is 0 Å². The summed E-state index contributed by atoms with van der Waals surface area (Å²) in [7, 11) is -3.32. The van der Waals surface area contributed by atoms with Crippen LogP contribution < -0.4 is 5.32 Å². The summed E-state index contributed by atoms with van der Waals surface area (Å²) in [5.74, 6) is -2.52. The lowest BCUT2D eigenvalue weighted by Gasteiger charge is -2.07. The average Bonchev–Trinajstić information content (AvgIpc) is 2.47. The van der Waals surface area contributed by atoms with Crippen LogP contribution in [0.5, 0.6) is 0 Å². The normalized spacial score (nSPS) is 11.2. The Morgan fingerprint density at radius 2 is 1.73 bits per heavy atom. The SMILES string of the molecule is CCS(=O)(=O)c1ccc(NC(=O)c2ccc(F)cc2F)cc1. The molecular formula is C15H13F2NO3S. The number of hydrogen-bond donors (Lipinski definition) is 1. The van der Waals surface area contributed by atoms with Crippen LogP contribution in [0.25, 0.3) is 0 Å². The first-order chi connectivity index (χ1) is 10.3. The molecule has 2 rings (SSSR count). The van der Waals surface area contributed by atoms with Gasteiger partial charge in [0.2, 0.25) is 0 Å². The summed E-state index contributed by atoms with van der Waals surface area (Å²) >= 11 is 0. The molecule has 0 fully saturated rings. The first kappa shape index (κ1) is 16.1. The number of benzene rings is 2. The summed E-state index contributed by atoms with van der Waals surface area (Å²) in [6.07, 6.45) is 0. The van der Waals surface area contributed by atoms with Crippen molar-refractivity contribution in [3.8, 4) is 0 Å². The predicted octanol–water partition coefficient (Wildman–Crippen LogP) is 3.01. The fraction of sp³-hybridized carbons (Fsp3) is 0.133. The maximum atomic E-state index is 13.5. The molecule has 1 N–H and O–H groups in total. The van der Waals surface area contributed by atoms with E-state index in [9.17, 15) is 22.0 Å². The predicted molar refractivity (Wildman–Crippen MR) is 78.5 cm³/mol. The van der Waals surface area contributed by atoms with Crippen LogP contribution in [-0.2, 0) is 9.84 Å². The van der Waals surface area contributed by atoms with Crippen LogP contribution in [0.3, 0.4) is 0 Å². The molecule has 0 spiro atoms. The minimum atomic E-state index is -3.32. The van der Waals surface area contributed by atoms with Gasteiger partial charge < -0.3 is 5.32 Å². The zero-order valence-electron chi connectivity index (χ0n) is 11.6. The lowest BCUT2D eigenvalue weighted by molar-refractivity contribution is 0.102. The number of rotatable bonds is 4. The van der Waals surface area contributed by atoms with Gasteiger partial charge in [-0.25, -0.2) is 17.2 Å². The summed E-state index contributed by atoms with van der Waals surface area (Å²) in [5, 5.41) is 2.42. The van der Waals surface area contributed by atoms with E-state index < -0.39 is 27.4 Å². The van der Waals surface area contributed by atoms with Crippen LogP contribution in [-0.4, -0.2) is 20.1 Å². The molecule has 0 bridgehead atoms. The molecule has 0 atom stereocenters. The minimum absolute atomic E-state index is 0.0283. The van der Waals surface area contributed by atoms with Gasteiger partial charge in [0, 0.05) is 11.8 Å². The number of hydrogen-bond acceptors (Lipinski definition) is 3. The van der Waals surface area contributed by atoms with Crippen LogP contribution >= 0.6 is 0 Å². The van der Waals surface area contributed by atoms with Crippen LogP contribution in [0.4, 0.5) is 14.5 Å². The zero-order valence-corrected chi connectivity index (χ0v) is 12.5. The Hall–Kier alpha value is -2.28. The average molecular weight is 325 g/mol. The van der Waals surface area contributed by atoms with Crippen molar-refractivity contribution in [1.29, 1.82) is 0 Å². The van der Waals surface area contributed by atoms with E-state index in [1.54, 1.807) is 0 Å². The molecule has 0 aromatic heterocycles. The summed E-state index contributed by atoms with van der Waals surface area (Å²) in [5.41, 5.74) is 0.00966. The maximum absolute atomic E-state index is 13.5. The fourth-order valence-corrected chi connectivity index (χ4v) is 2.67. The Morgan fingerprint density at radius 3 is 2.27 bits per heavy atom. The molecule has 0 aliphatic heterocycles. The second-order valence-electron chi connectivity index (χ2n) is 4.51. The molecule has 116 valence electrons. The number of halogens is 2. The van der Waals surface area contributed by atoms with E-state index in [1.807, 2.05) is 0 Å². The van der Waals surface area contributed by atoms with Crippen molar-refractivity contribution in [3.63, 3.8) is 0 Å². The topological polar surface area (TPSA) is 63.2 Å². The van der Waals surface area contributed by atoms with E-state index in [2.05, 4.69) is 5.32 Å². The van der Waals surface area contributed by atoms with Crippen LogP contribution in [0, 0.1) is 11.6 Å². The fourth-order valence-electron chi connectivity index (χ4n) is 1.78. The molecule has 2 aromatic carbocycles. The molecule has 0 aliphatic carbocycles. The van der Waals surface area contributed by atoms with Crippen molar-refractivity contribution in [2.75, 3.05) is 11.1 Å². The molecule has 0 heterocycles. The van der Waals surface area contributed by atoms with Gasteiger partial charge in [-0.15, -0.1) is 0 Å². The van der Waals surface area contributed by atoms with Gasteiger partial charge in [-0.3, -0.25) is 4.79 Å². The lowest BCUT2D eigenvalue weighted by atomic mass is 10.2. The Labute approximate surface area is 126 Å². The molecule has 1 amide bonds. The zero-order chi connectivity index (χ0) is 16.3. The van der Waals surface area contributed by atoms with Gasteiger partial charge in [0.15, 0.2) is 9.84 Å². The minimum Gasteiger partial charge on any atom is -0.322 e. The van der Waals surface area contributed by atoms with Crippen LogP contribution in [0.2, 0.25) is 0 Å². The first-order valence-corrected chi connectivity index (χ1v) is 8.08. The number of anilines is 1. The summed E-state index contributed by atoms with van der Waals surface area (Å²) < 4.78 is 49.6. The third-order valence-corrected chi connectivity index (χ3v) is 4.78. The molecule has 22 heavy (non-hydrogen) atoms. The summed E-state index contributed by atoms with van der Waals surface area (Å²) in [4.78, 5) is 12.0. The highest BCUT2D eigenvalue weighted by Gasteiger charge is 2.14. The molecule has 2 aromatic rings. The van der Waals surface area contributed by atoms with E-state index in [1.165, 1.54) is 31.2 Å². The van der Waals surface area contributed by atoms with Gasteiger partial charge in [0.25, 0.3) is 5.91 Å². The Morgan fingerprint density at radius 1 is 1.09 bits per heavy atom. The van der Waals surface area contributed by atoms with E-state index in [4.69, 9.17) is 0 Å². The Bertz CT molecular complexity index is 802. The van der Waals surface area contributed by atoms with E-state index >= 15 is 0 Å². The molecular weight excluding hydrogens is 312 g/mol. The highest BCUT2D eigenvalue weighted by molar-refractivity contribution is 7.91. The lowest BCUT2D eigenvalue weighted by Crippen LogP contribution is -2.14. The third-order valence-electron chi connectivity index (χ3n) is 3.03. The number of carbonyl (C=O) groups is 1. The number of carbonyl (C=O) groups excluding carboxylic acids is 1. The van der Waals surface area contributed by atoms with Crippen LogP contribution in [0.1, 0.15) is 17.3 Å². The largest absolute Gasteiger partial charge is 0.322 e. The van der Waals surface area contributed by atoms with Crippen molar-refractivity contribution in [2.24, 2.45) is 0 Å². The van der Waals surface area contributed by atoms with Gasteiger partial charge in [-0.1, -0.05) is 6.92 Å². The third kappa shape index (κ3) is 3.48. The monoisotopic (exact) mass is 325 g/mol. The van der Waals surface area contributed by atoms with E-state index in [-0.39, 0.29) is 16.2 Å². The molecule has 0 aliphatic rings. The van der Waals surface area contributed by atoms with Crippen molar-refractivity contribution in [2.45, 2.75) is 11.8 Å². The van der Waals surface area contributed by atoms with Gasteiger partial charge >= 0.3 is 0 Å². The quantitative estimate of drug-likeness (QED) is 0.940. The molecule has 0 saturated carbocycles. The molecule has 0 radical (unpaired) electrons. The van der Waals surface area contributed by atoms with Crippen LogP contribution in [0.15, 0.2) is 47.4 Å². The van der Waals surface area contributed by atoms with Gasteiger partial charge in [-0.2, -0.15) is 0 Å². The van der Waals surface area contributed by atoms with Gasteiger partial charge in [-0.05, 0) is 36.4 Å². The smallest absolute Gasteiger partial charge is 0.258 e. The Kier molecular flexibility index (Phi) is 4.56. The summed E-state index contributed by atoms with van der Waals surface area (Å²) in [6, 6.07) is 8.16. The van der Waals surface area contributed by atoms with Crippen molar-refractivity contribution >= 4 is 21.4 Å². The maximum Gasteiger partial charge on any atom is 0.258 e. The standard InChI is InChI=1S/C15H13F2NO3S/c1-2-22(20,21)12-6-4-11(5-7-12)18-15(19)13-8-3-10(16)9-14(13)17/h3-9H,2H2,1H3,(H,18,19). The van der Waals surface area contributed by atoms with Gasteiger partial charge in [0.05, 0.1) is 16.2 Å². The highest BCUT2D eigenvalue weighted by Crippen LogP contribution is 2.17. The number of sulfone groups is 1. The van der Waals surface area contributed by atoms with E-state index in [0.29, 0.717) is 11.8 Å². The first-order valence-electron chi connectivity index (χ1n) is 6.42. The Balaban J connectivity index is 2.19. The number of nitrogens with one attached hydrogen (secondary N) is 1. The molecule has 0 unspecified atom stereocenters. The van der Waals surface area contributed by atoms with Gasteiger partial charge in [0.1, 0.15) is 11.6 Å². The second kappa shape index (κ2) is 6.23. The molecule has 7 heteroatoms. The van der Waals surface area contributed by atoms with Crippen molar-refractivity contribution in [3.05, 3.63) is 59.7 Å². The van der Waals surface area contributed by atoms with E-state index in [0.717, 1.165) is 12.1 Å². The van der Waals surface area contributed by atoms with Crippen molar-refractivity contribution < 1.29 is 22.0 Å². The molecule has 0 saturated heterocycles.